The standard InChI is InChI=1S/Mg.2O.Th/q+2;2*-2;+4. The average molecular weight is 288 g/mol. The summed E-state index contributed by atoms with van der Waals surface area (Å²) < 4.78 is 0. The SMILES string of the molecule is [Mg+2].[O-2].[O-2].[Th+4]. The Morgan fingerprint density at radius 3 is 0.750 bits per heavy atom. The zero-order valence-corrected chi connectivity index (χ0v) is 7.55. The molecule has 0 aliphatic rings. The van der Waals surface area contributed by atoms with Crippen molar-refractivity contribution in [2.45, 2.75) is 0 Å². The van der Waals surface area contributed by atoms with Gasteiger partial charge in [-0.05, 0) is 0 Å². The molecule has 0 aromatic carbocycles. The Balaban J connectivity index is 0. The summed E-state index contributed by atoms with van der Waals surface area (Å²) in [7, 11) is 0. The van der Waals surface area contributed by atoms with Crippen molar-refractivity contribution in [3.05, 3.63) is 0 Å². The molecule has 0 rings (SSSR count). The number of hydrogen-bond acceptors (Lipinski definition) is 0. The van der Waals surface area contributed by atoms with Gasteiger partial charge in [0, 0.05) is 0 Å². The first-order valence-corrected chi connectivity index (χ1v) is 0. The molecule has 0 spiro atoms. The minimum absolute atomic E-state index is 0. The van der Waals surface area contributed by atoms with E-state index in [1.165, 1.54) is 0 Å². The van der Waals surface area contributed by atoms with E-state index in [0.29, 0.717) is 0 Å². The Hall–Kier alpha value is 2.01. The van der Waals surface area contributed by atoms with Gasteiger partial charge in [-0.15, -0.1) is 0 Å². The van der Waals surface area contributed by atoms with E-state index in [1.54, 1.807) is 0 Å². The van der Waals surface area contributed by atoms with E-state index in [4.69, 9.17) is 0 Å². The second-order valence-corrected chi connectivity index (χ2v) is 0. The van der Waals surface area contributed by atoms with E-state index in [1.807, 2.05) is 0 Å². The van der Waals surface area contributed by atoms with Crippen molar-refractivity contribution in [2.75, 3.05) is 0 Å². The van der Waals surface area contributed by atoms with Gasteiger partial charge >= 0.3 is 63.0 Å². The van der Waals surface area contributed by atoms with Gasteiger partial charge in [-0.25, -0.2) is 0 Å². The predicted octanol–water partition coefficient (Wildman–Crippen LogP) is -0.618. The van der Waals surface area contributed by atoms with Crippen LogP contribution in [0.1, 0.15) is 0 Å². The van der Waals surface area contributed by atoms with Crippen LogP contribution in [0.5, 0.6) is 0 Å². The van der Waals surface area contributed by atoms with Crippen LogP contribution < -0.4 is 0 Å². The molecule has 4 heavy (non-hydrogen) atoms. The van der Waals surface area contributed by atoms with Gasteiger partial charge in [0.05, 0.1) is 0 Å². The third-order valence-electron chi connectivity index (χ3n) is 0. The molecule has 0 saturated carbocycles. The monoisotopic (exact) mass is 288 g/mol. The van der Waals surface area contributed by atoms with Gasteiger partial charge in [-0.3, -0.25) is 0 Å². The van der Waals surface area contributed by atoms with Gasteiger partial charge in [0.25, 0.3) is 0 Å². The molecule has 0 fully saturated rings. The Labute approximate surface area is 72.8 Å². The predicted molar refractivity (Wildman–Crippen MR) is 7.13 cm³/mol. The molecule has 0 bridgehead atoms. The average Bonchev–Trinajstić information content (AvgIpc) is 0. The molecule has 2 nitrogen and oxygen atoms in total. The summed E-state index contributed by atoms with van der Waals surface area (Å²) in [6.07, 6.45) is 0. The summed E-state index contributed by atoms with van der Waals surface area (Å²) in [4.78, 5) is 0. The summed E-state index contributed by atoms with van der Waals surface area (Å²) in [6, 6.07) is 0. The normalized spacial score (nSPS) is 0. The van der Waals surface area contributed by atoms with Crippen molar-refractivity contribution in [3.8, 4) is 0 Å². The maximum atomic E-state index is 0. The molecule has 0 aromatic rings. The molecule has 0 aromatic heterocycles. The quantitative estimate of drug-likeness (QED) is 0.534. The van der Waals surface area contributed by atoms with Crippen LogP contribution in [0, 0.1) is 39.9 Å². The van der Waals surface area contributed by atoms with Crippen molar-refractivity contribution < 1.29 is 50.9 Å². The zero-order valence-electron chi connectivity index (χ0n) is 2.02. The van der Waals surface area contributed by atoms with E-state index in [-0.39, 0.29) is 73.9 Å². The second kappa shape index (κ2) is 19.9. The third kappa shape index (κ3) is 8.99. The maximum absolute atomic E-state index is 0. The fraction of sp³-hybridized carbons (Fsp3) is 0. The first kappa shape index (κ1) is 37.3. The van der Waals surface area contributed by atoms with E-state index in [0.717, 1.165) is 0 Å². The number of rotatable bonds is 0. The molecule has 0 amide bonds. The Morgan fingerprint density at radius 1 is 0.750 bits per heavy atom. The van der Waals surface area contributed by atoms with Gasteiger partial charge in [0.1, 0.15) is 0 Å². The van der Waals surface area contributed by atoms with Gasteiger partial charge in [-0.1, -0.05) is 0 Å². The molecular formula is MgO2Th+2. The van der Waals surface area contributed by atoms with Crippen LogP contribution in [0.25, 0.3) is 0 Å². The molecule has 4 heteroatoms. The molecule has 0 atom stereocenters. The molecular weight excluding hydrogens is 288 g/mol. The van der Waals surface area contributed by atoms with E-state index in [2.05, 4.69) is 0 Å². The summed E-state index contributed by atoms with van der Waals surface area (Å²) in [5.41, 5.74) is 0. The summed E-state index contributed by atoms with van der Waals surface area (Å²) >= 11 is 0. The molecule has 0 radical (unpaired) electrons. The van der Waals surface area contributed by atoms with Crippen molar-refractivity contribution in [1.29, 1.82) is 0 Å². The fourth-order valence-electron chi connectivity index (χ4n) is 0. The molecule has 0 N–H and O–H groups in total. The van der Waals surface area contributed by atoms with Gasteiger partial charge in [0.15, 0.2) is 0 Å². The van der Waals surface area contributed by atoms with Crippen LogP contribution >= 0.6 is 0 Å². The first-order chi connectivity index (χ1) is 0. The Kier molecular flexibility index (Phi) is 186. The van der Waals surface area contributed by atoms with Crippen molar-refractivity contribution in [3.63, 3.8) is 0 Å². The molecule has 0 aliphatic heterocycles. The topological polar surface area (TPSA) is 57.0 Å². The Morgan fingerprint density at radius 2 is 0.750 bits per heavy atom. The zero-order chi connectivity index (χ0) is 0. The van der Waals surface area contributed by atoms with Crippen molar-refractivity contribution in [2.24, 2.45) is 0 Å². The minimum Gasteiger partial charge on any atom is -2.00 e. The van der Waals surface area contributed by atoms with Crippen molar-refractivity contribution in [1.82, 2.24) is 0 Å². The summed E-state index contributed by atoms with van der Waals surface area (Å²) in [5.74, 6) is 0. The van der Waals surface area contributed by atoms with Crippen LogP contribution in [0.3, 0.4) is 0 Å². The second-order valence-electron chi connectivity index (χ2n) is 0. The summed E-state index contributed by atoms with van der Waals surface area (Å²) in [5, 5.41) is 0. The third-order valence-corrected chi connectivity index (χ3v) is 0. The largest absolute Gasteiger partial charge is 4.00 e. The van der Waals surface area contributed by atoms with Crippen LogP contribution in [0.15, 0.2) is 0 Å². The van der Waals surface area contributed by atoms with Crippen LogP contribution in [0.2, 0.25) is 0 Å². The molecule has 16 valence electrons. The van der Waals surface area contributed by atoms with Gasteiger partial charge < -0.3 is 11.0 Å². The Bertz CT molecular complexity index is 6.00. The van der Waals surface area contributed by atoms with E-state index in [9.17, 15) is 0 Å². The molecule has 0 heterocycles. The fourth-order valence-corrected chi connectivity index (χ4v) is 0. The maximum Gasteiger partial charge on any atom is 4.00 e. The van der Waals surface area contributed by atoms with Crippen molar-refractivity contribution >= 4 is 23.1 Å². The van der Waals surface area contributed by atoms with Crippen LogP contribution in [0.4, 0.5) is 0 Å². The van der Waals surface area contributed by atoms with E-state index < -0.39 is 0 Å². The van der Waals surface area contributed by atoms with Gasteiger partial charge in [0.2, 0.25) is 0 Å². The van der Waals surface area contributed by atoms with Crippen LogP contribution in [-0.2, 0) is 11.0 Å². The molecule has 0 saturated heterocycles. The molecule has 0 unspecified atom stereocenters. The first-order valence-electron chi connectivity index (χ1n) is 0. The van der Waals surface area contributed by atoms with Crippen LogP contribution in [-0.4, -0.2) is 23.1 Å². The smallest absolute Gasteiger partial charge is 2.00 e. The van der Waals surface area contributed by atoms with E-state index >= 15 is 0 Å². The summed E-state index contributed by atoms with van der Waals surface area (Å²) in [6.45, 7) is 0. The van der Waals surface area contributed by atoms with Gasteiger partial charge in [-0.2, -0.15) is 0 Å². The number of hydrogen-bond donors (Lipinski definition) is 0. The minimum atomic E-state index is 0. The molecule has 0 aliphatic carbocycles.